The van der Waals surface area contributed by atoms with E-state index in [9.17, 15) is 4.79 Å². The summed E-state index contributed by atoms with van der Waals surface area (Å²) in [5, 5.41) is 7.28. The Morgan fingerprint density at radius 2 is 1.89 bits per heavy atom. The Labute approximate surface area is 158 Å². The monoisotopic (exact) mass is 366 g/mol. The van der Waals surface area contributed by atoms with Gasteiger partial charge in [0.05, 0.1) is 14.2 Å². The van der Waals surface area contributed by atoms with Crippen molar-refractivity contribution in [1.29, 1.82) is 0 Å². The van der Waals surface area contributed by atoms with Gasteiger partial charge in [-0.25, -0.2) is 4.98 Å². The predicted octanol–water partition coefficient (Wildman–Crippen LogP) is 2.74. The maximum atomic E-state index is 12.5. The van der Waals surface area contributed by atoms with Gasteiger partial charge in [0.1, 0.15) is 5.82 Å². The van der Waals surface area contributed by atoms with Gasteiger partial charge in [-0.15, -0.1) is 0 Å². The van der Waals surface area contributed by atoms with E-state index >= 15 is 0 Å². The highest BCUT2D eigenvalue weighted by Crippen LogP contribution is 2.27. The van der Waals surface area contributed by atoms with Crippen LogP contribution in [0.4, 0.5) is 0 Å². The predicted molar refractivity (Wildman–Crippen MR) is 102 cm³/mol. The molecule has 7 heteroatoms. The summed E-state index contributed by atoms with van der Waals surface area (Å²) in [5.41, 5.74) is 2.27. The molecule has 140 valence electrons. The first-order valence-electron chi connectivity index (χ1n) is 8.49. The van der Waals surface area contributed by atoms with Crippen LogP contribution in [0.2, 0.25) is 0 Å². The van der Waals surface area contributed by atoms with Crippen molar-refractivity contribution < 1.29 is 14.3 Å². The molecule has 7 nitrogen and oxygen atoms in total. The van der Waals surface area contributed by atoms with E-state index in [0.717, 1.165) is 17.0 Å². The number of amides is 1. The molecule has 3 aromatic rings. The number of hydrogen-bond donors (Lipinski definition) is 1. The molecule has 27 heavy (non-hydrogen) atoms. The van der Waals surface area contributed by atoms with Crippen molar-refractivity contribution in [3.63, 3.8) is 0 Å². The summed E-state index contributed by atoms with van der Waals surface area (Å²) < 4.78 is 12.2. The van der Waals surface area contributed by atoms with Gasteiger partial charge in [0, 0.05) is 24.7 Å². The normalized spacial score (nSPS) is 10.5. The third-order valence-corrected chi connectivity index (χ3v) is 4.26. The lowest BCUT2D eigenvalue weighted by Gasteiger charge is -2.10. The largest absolute Gasteiger partial charge is 0.493 e. The average Bonchev–Trinajstić information content (AvgIpc) is 3.04. The summed E-state index contributed by atoms with van der Waals surface area (Å²) in [5.74, 6) is 2.53. The summed E-state index contributed by atoms with van der Waals surface area (Å²) in [6.07, 6.45) is 0. The van der Waals surface area contributed by atoms with Gasteiger partial charge in [0.2, 0.25) is 0 Å². The molecule has 0 saturated carbocycles. The highest BCUT2D eigenvalue weighted by atomic mass is 16.5. The van der Waals surface area contributed by atoms with E-state index in [1.807, 2.05) is 44.3 Å². The summed E-state index contributed by atoms with van der Waals surface area (Å²) >= 11 is 0. The van der Waals surface area contributed by atoms with Crippen LogP contribution in [0.3, 0.4) is 0 Å². The first-order chi connectivity index (χ1) is 13.0. The fourth-order valence-electron chi connectivity index (χ4n) is 2.66. The maximum Gasteiger partial charge on any atom is 0.251 e. The van der Waals surface area contributed by atoms with Crippen molar-refractivity contribution >= 4 is 5.91 Å². The van der Waals surface area contributed by atoms with Crippen molar-refractivity contribution in [3.05, 3.63) is 59.4 Å². The van der Waals surface area contributed by atoms with Crippen molar-refractivity contribution in [1.82, 2.24) is 20.1 Å². The van der Waals surface area contributed by atoms with E-state index in [-0.39, 0.29) is 5.91 Å². The lowest BCUT2D eigenvalue weighted by Crippen LogP contribution is -2.22. The molecule has 0 unspecified atom stereocenters. The number of nitrogens with zero attached hydrogens (tertiary/aromatic N) is 3. The lowest BCUT2D eigenvalue weighted by molar-refractivity contribution is 0.0951. The first kappa shape index (κ1) is 18.4. The van der Waals surface area contributed by atoms with Crippen molar-refractivity contribution in [3.8, 4) is 22.9 Å². The highest BCUT2D eigenvalue weighted by Gasteiger charge is 2.11. The number of rotatable bonds is 6. The second kappa shape index (κ2) is 7.90. The third-order valence-electron chi connectivity index (χ3n) is 4.26. The second-order valence-corrected chi connectivity index (χ2v) is 6.06. The maximum absolute atomic E-state index is 12.5. The molecule has 0 fully saturated rings. The van der Waals surface area contributed by atoms with Crippen molar-refractivity contribution in [2.45, 2.75) is 13.5 Å². The molecule has 0 bridgehead atoms. The van der Waals surface area contributed by atoms with Crippen molar-refractivity contribution in [2.24, 2.45) is 7.05 Å². The van der Waals surface area contributed by atoms with Gasteiger partial charge >= 0.3 is 0 Å². The summed E-state index contributed by atoms with van der Waals surface area (Å²) in [6, 6.07) is 12.8. The molecule has 1 heterocycles. The molecule has 1 N–H and O–H groups in total. The van der Waals surface area contributed by atoms with Crippen molar-refractivity contribution in [2.75, 3.05) is 14.2 Å². The number of aryl methyl sites for hydroxylation is 2. The average molecular weight is 366 g/mol. The van der Waals surface area contributed by atoms with Gasteiger partial charge in [-0.05, 0) is 36.8 Å². The zero-order valence-corrected chi connectivity index (χ0v) is 15.8. The van der Waals surface area contributed by atoms with Gasteiger partial charge < -0.3 is 14.8 Å². The molecule has 1 aromatic heterocycles. The number of hydrogen-bond acceptors (Lipinski definition) is 5. The van der Waals surface area contributed by atoms with Gasteiger partial charge in [0.25, 0.3) is 5.91 Å². The Morgan fingerprint density at radius 1 is 1.11 bits per heavy atom. The standard InChI is InChI=1S/C20H22N4O3/c1-13-22-19(23-24(13)2)15-6-5-7-16(11-15)20(25)21-12-14-8-9-17(26-3)18(10-14)27-4/h5-11H,12H2,1-4H3,(H,21,25). The third kappa shape index (κ3) is 4.08. The molecule has 0 aliphatic rings. The fraction of sp³-hybridized carbons (Fsp3) is 0.250. The Bertz CT molecular complexity index is 946. The van der Waals surface area contributed by atoms with Gasteiger partial charge in [0.15, 0.2) is 17.3 Å². The number of benzene rings is 2. The van der Waals surface area contributed by atoms with Crippen LogP contribution in [0.5, 0.6) is 11.5 Å². The summed E-state index contributed by atoms with van der Waals surface area (Å²) in [7, 11) is 5.01. The minimum absolute atomic E-state index is 0.167. The number of carbonyl (C=O) groups excluding carboxylic acids is 1. The summed E-state index contributed by atoms with van der Waals surface area (Å²) in [6.45, 7) is 2.26. The van der Waals surface area contributed by atoms with E-state index < -0.39 is 0 Å². The molecule has 1 amide bonds. The van der Waals surface area contributed by atoms with Crippen LogP contribution in [0, 0.1) is 6.92 Å². The molecule has 0 aliphatic carbocycles. The number of ether oxygens (including phenoxy) is 2. The Hall–Kier alpha value is -3.35. The molecule has 0 aliphatic heterocycles. The molecular formula is C20H22N4O3. The van der Waals surface area contributed by atoms with Crippen LogP contribution < -0.4 is 14.8 Å². The number of aromatic nitrogens is 3. The van der Waals surface area contributed by atoms with Crippen LogP contribution in [-0.2, 0) is 13.6 Å². The number of carbonyl (C=O) groups is 1. The van der Waals surface area contributed by atoms with Gasteiger partial charge in [-0.3, -0.25) is 9.48 Å². The fourth-order valence-corrected chi connectivity index (χ4v) is 2.66. The molecule has 0 spiro atoms. The Kier molecular flexibility index (Phi) is 5.40. The summed E-state index contributed by atoms with van der Waals surface area (Å²) in [4.78, 5) is 16.9. The van der Waals surface area contributed by atoms with Crippen LogP contribution in [0.15, 0.2) is 42.5 Å². The van der Waals surface area contributed by atoms with E-state index in [0.29, 0.717) is 29.4 Å². The number of methoxy groups -OCH3 is 2. The zero-order valence-electron chi connectivity index (χ0n) is 15.8. The van der Waals surface area contributed by atoms with E-state index in [1.54, 1.807) is 31.0 Å². The Balaban J connectivity index is 1.72. The molecule has 2 aromatic carbocycles. The zero-order chi connectivity index (χ0) is 19.4. The minimum Gasteiger partial charge on any atom is -0.493 e. The smallest absolute Gasteiger partial charge is 0.251 e. The Morgan fingerprint density at radius 3 is 2.56 bits per heavy atom. The second-order valence-electron chi connectivity index (χ2n) is 6.06. The lowest BCUT2D eigenvalue weighted by atomic mass is 10.1. The quantitative estimate of drug-likeness (QED) is 0.726. The van der Waals surface area contributed by atoms with Crippen LogP contribution in [0.25, 0.3) is 11.4 Å². The van der Waals surface area contributed by atoms with Gasteiger partial charge in [-0.1, -0.05) is 18.2 Å². The van der Waals surface area contributed by atoms with Crippen LogP contribution in [0.1, 0.15) is 21.7 Å². The van der Waals surface area contributed by atoms with E-state index in [2.05, 4.69) is 15.4 Å². The van der Waals surface area contributed by atoms with E-state index in [1.165, 1.54) is 0 Å². The van der Waals surface area contributed by atoms with Crippen LogP contribution in [-0.4, -0.2) is 34.9 Å². The van der Waals surface area contributed by atoms with Gasteiger partial charge in [-0.2, -0.15) is 5.10 Å². The minimum atomic E-state index is -0.167. The molecule has 0 saturated heterocycles. The molecular weight excluding hydrogens is 344 g/mol. The topological polar surface area (TPSA) is 78.3 Å². The van der Waals surface area contributed by atoms with E-state index in [4.69, 9.17) is 9.47 Å². The number of nitrogens with one attached hydrogen (secondary N) is 1. The molecule has 0 radical (unpaired) electrons. The SMILES string of the molecule is COc1ccc(CNC(=O)c2cccc(-c3nc(C)n(C)n3)c2)cc1OC. The molecule has 0 atom stereocenters. The molecule has 3 rings (SSSR count). The van der Waals surface area contributed by atoms with Crippen LogP contribution >= 0.6 is 0 Å². The first-order valence-corrected chi connectivity index (χ1v) is 8.49. The highest BCUT2D eigenvalue weighted by molar-refractivity contribution is 5.95.